The summed E-state index contributed by atoms with van der Waals surface area (Å²) in [5.74, 6) is 2.66. The third-order valence-electron chi connectivity index (χ3n) is 3.64. The summed E-state index contributed by atoms with van der Waals surface area (Å²) in [6.07, 6.45) is 3.19. The zero-order chi connectivity index (χ0) is 15.2. The molecule has 2 heterocycles. The Morgan fingerprint density at radius 1 is 1.33 bits per heavy atom. The predicted molar refractivity (Wildman–Crippen MR) is 88.1 cm³/mol. The van der Waals surface area contributed by atoms with Gasteiger partial charge in [0, 0.05) is 26.2 Å². The van der Waals surface area contributed by atoms with E-state index in [0.717, 1.165) is 25.3 Å². The Hall–Kier alpha value is -1.28. The maximum Gasteiger partial charge on any atom is 0.232 e. The molecule has 1 fully saturated rings. The first kappa shape index (κ1) is 16.1. The van der Waals surface area contributed by atoms with Crippen molar-refractivity contribution >= 4 is 29.6 Å². The first-order valence-corrected chi connectivity index (χ1v) is 8.57. The van der Waals surface area contributed by atoms with Gasteiger partial charge in [0.15, 0.2) is 0 Å². The molecule has 0 amide bonds. The standard InChI is InChI=1S/C13H24N6OS/c1-10(4-9-21-3)18(2)12-15-11(14)16-13(17-12)19-5-7-20-8-6-19/h10H,4-9H2,1-3H3,(H2,14,15,16,17). The molecule has 1 aromatic heterocycles. The van der Waals surface area contributed by atoms with Gasteiger partial charge in [0.25, 0.3) is 0 Å². The first-order chi connectivity index (χ1) is 10.1. The highest BCUT2D eigenvalue weighted by Crippen LogP contribution is 2.18. The van der Waals surface area contributed by atoms with E-state index in [1.54, 1.807) is 0 Å². The van der Waals surface area contributed by atoms with Gasteiger partial charge in [0.2, 0.25) is 17.8 Å². The van der Waals surface area contributed by atoms with Crippen LogP contribution in [0.25, 0.3) is 0 Å². The second-order valence-electron chi connectivity index (χ2n) is 5.13. The van der Waals surface area contributed by atoms with E-state index in [-0.39, 0.29) is 5.95 Å². The summed E-state index contributed by atoms with van der Waals surface area (Å²) in [4.78, 5) is 17.3. The predicted octanol–water partition coefficient (Wildman–Crippen LogP) is 0.868. The summed E-state index contributed by atoms with van der Waals surface area (Å²) in [5.41, 5.74) is 5.85. The van der Waals surface area contributed by atoms with Gasteiger partial charge in [-0.15, -0.1) is 0 Å². The Balaban J connectivity index is 2.13. The Morgan fingerprint density at radius 3 is 2.71 bits per heavy atom. The summed E-state index contributed by atoms with van der Waals surface area (Å²) in [5, 5.41) is 0. The Morgan fingerprint density at radius 2 is 2.05 bits per heavy atom. The van der Waals surface area contributed by atoms with Crippen molar-refractivity contribution < 1.29 is 4.74 Å². The highest BCUT2D eigenvalue weighted by molar-refractivity contribution is 7.98. The van der Waals surface area contributed by atoms with Gasteiger partial charge < -0.3 is 20.3 Å². The van der Waals surface area contributed by atoms with Crippen LogP contribution in [0.3, 0.4) is 0 Å². The average Bonchev–Trinajstić information content (AvgIpc) is 2.52. The van der Waals surface area contributed by atoms with Crippen LogP contribution in [-0.4, -0.2) is 66.4 Å². The van der Waals surface area contributed by atoms with Crippen molar-refractivity contribution in [2.45, 2.75) is 19.4 Å². The van der Waals surface area contributed by atoms with Crippen LogP contribution in [0.15, 0.2) is 0 Å². The van der Waals surface area contributed by atoms with Crippen molar-refractivity contribution in [2.75, 3.05) is 60.9 Å². The number of nitrogens with zero attached hydrogens (tertiary/aromatic N) is 5. The van der Waals surface area contributed by atoms with Crippen molar-refractivity contribution in [1.82, 2.24) is 15.0 Å². The maximum absolute atomic E-state index is 5.85. The molecular formula is C13H24N6OS. The molecule has 1 aliphatic heterocycles. The van der Waals surface area contributed by atoms with E-state index in [0.29, 0.717) is 31.2 Å². The van der Waals surface area contributed by atoms with Gasteiger partial charge in [-0.3, -0.25) is 0 Å². The molecule has 7 nitrogen and oxygen atoms in total. The average molecular weight is 312 g/mol. The van der Waals surface area contributed by atoms with Crippen molar-refractivity contribution in [2.24, 2.45) is 0 Å². The topological polar surface area (TPSA) is 80.4 Å². The minimum absolute atomic E-state index is 0.269. The highest BCUT2D eigenvalue weighted by Gasteiger charge is 2.19. The lowest BCUT2D eigenvalue weighted by Gasteiger charge is -2.29. The van der Waals surface area contributed by atoms with E-state index in [2.05, 4.69) is 37.9 Å². The second-order valence-corrected chi connectivity index (χ2v) is 6.12. The Bertz CT molecular complexity index is 454. The molecule has 1 saturated heterocycles. The van der Waals surface area contributed by atoms with Crippen molar-refractivity contribution in [3.05, 3.63) is 0 Å². The van der Waals surface area contributed by atoms with Crippen LogP contribution in [0.2, 0.25) is 0 Å². The fourth-order valence-corrected chi connectivity index (χ4v) is 2.69. The van der Waals surface area contributed by atoms with Crippen molar-refractivity contribution in [3.63, 3.8) is 0 Å². The summed E-state index contributed by atoms with van der Waals surface area (Å²) in [6, 6.07) is 0.358. The van der Waals surface area contributed by atoms with E-state index >= 15 is 0 Å². The highest BCUT2D eigenvalue weighted by atomic mass is 32.2. The molecule has 2 rings (SSSR count). The van der Waals surface area contributed by atoms with Gasteiger partial charge in [-0.05, 0) is 25.4 Å². The van der Waals surface area contributed by atoms with E-state index < -0.39 is 0 Å². The molecule has 0 radical (unpaired) electrons. The van der Waals surface area contributed by atoms with Crippen LogP contribution in [0.1, 0.15) is 13.3 Å². The number of morpholine rings is 1. The van der Waals surface area contributed by atoms with Gasteiger partial charge in [-0.1, -0.05) is 0 Å². The van der Waals surface area contributed by atoms with Gasteiger partial charge in [0.05, 0.1) is 13.2 Å². The third kappa shape index (κ3) is 4.34. The lowest BCUT2D eigenvalue weighted by atomic mass is 10.2. The smallest absolute Gasteiger partial charge is 0.232 e. The fourth-order valence-electron chi connectivity index (χ4n) is 2.11. The number of aromatic nitrogens is 3. The molecule has 0 aromatic carbocycles. The first-order valence-electron chi connectivity index (χ1n) is 7.18. The number of nitrogen functional groups attached to an aromatic ring is 1. The summed E-state index contributed by atoms with van der Waals surface area (Å²) in [6.45, 7) is 5.13. The lowest BCUT2D eigenvalue weighted by molar-refractivity contribution is 0.122. The monoisotopic (exact) mass is 312 g/mol. The molecule has 1 unspecified atom stereocenters. The number of rotatable bonds is 6. The van der Waals surface area contributed by atoms with Crippen LogP contribution in [0.5, 0.6) is 0 Å². The molecular weight excluding hydrogens is 288 g/mol. The molecule has 1 aliphatic rings. The molecule has 1 aromatic rings. The van der Waals surface area contributed by atoms with Crippen LogP contribution in [-0.2, 0) is 4.74 Å². The zero-order valence-electron chi connectivity index (χ0n) is 12.9. The van der Waals surface area contributed by atoms with Crippen molar-refractivity contribution in [1.29, 1.82) is 0 Å². The summed E-state index contributed by atoms with van der Waals surface area (Å²) < 4.78 is 5.35. The van der Waals surface area contributed by atoms with Gasteiger partial charge >= 0.3 is 0 Å². The maximum atomic E-state index is 5.85. The number of thioether (sulfide) groups is 1. The van der Waals surface area contributed by atoms with E-state index in [1.165, 1.54) is 0 Å². The minimum atomic E-state index is 0.269. The normalized spacial score (nSPS) is 16.8. The van der Waals surface area contributed by atoms with E-state index in [4.69, 9.17) is 10.5 Å². The van der Waals surface area contributed by atoms with Gasteiger partial charge in [-0.2, -0.15) is 26.7 Å². The molecule has 0 saturated carbocycles. The summed E-state index contributed by atoms with van der Waals surface area (Å²) >= 11 is 1.84. The number of ether oxygens (including phenoxy) is 1. The van der Waals surface area contributed by atoms with Crippen molar-refractivity contribution in [3.8, 4) is 0 Å². The molecule has 2 N–H and O–H groups in total. The number of hydrogen-bond acceptors (Lipinski definition) is 8. The summed E-state index contributed by atoms with van der Waals surface area (Å²) in [7, 11) is 2.00. The zero-order valence-corrected chi connectivity index (χ0v) is 13.8. The molecule has 118 valence electrons. The molecule has 21 heavy (non-hydrogen) atoms. The molecule has 0 bridgehead atoms. The quantitative estimate of drug-likeness (QED) is 0.829. The largest absolute Gasteiger partial charge is 0.378 e. The van der Waals surface area contributed by atoms with Crippen LogP contribution >= 0.6 is 11.8 Å². The molecule has 8 heteroatoms. The van der Waals surface area contributed by atoms with Crippen LogP contribution in [0, 0.1) is 0 Å². The minimum Gasteiger partial charge on any atom is -0.378 e. The Kier molecular flexibility index (Phi) is 5.86. The number of hydrogen-bond donors (Lipinski definition) is 1. The number of nitrogens with two attached hydrogens (primary N) is 1. The fraction of sp³-hybridized carbons (Fsp3) is 0.769. The van der Waals surface area contributed by atoms with Gasteiger partial charge in [-0.25, -0.2) is 0 Å². The van der Waals surface area contributed by atoms with Crippen LogP contribution < -0.4 is 15.5 Å². The van der Waals surface area contributed by atoms with E-state index in [1.807, 2.05) is 18.8 Å². The SMILES string of the molecule is CSCCC(C)N(C)c1nc(N)nc(N2CCOCC2)n1. The lowest BCUT2D eigenvalue weighted by Crippen LogP contribution is -2.38. The molecule has 1 atom stereocenters. The molecule has 0 spiro atoms. The number of anilines is 3. The second kappa shape index (κ2) is 7.65. The van der Waals surface area contributed by atoms with Gasteiger partial charge in [0.1, 0.15) is 0 Å². The molecule has 0 aliphatic carbocycles. The van der Waals surface area contributed by atoms with Crippen LogP contribution in [0.4, 0.5) is 17.8 Å². The van der Waals surface area contributed by atoms with E-state index in [9.17, 15) is 0 Å². The third-order valence-corrected chi connectivity index (χ3v) is 4.28. The Labute approximate surface area is 130 Å².